The van der Waals surface area contributed by atoms with Gasteiger partial charge in [0.1, 0.15) is 11.5 Å². The monoisotopic (exact) mass is 369 g/mol. The summed E-state index contributed by atoms with van der Waals surface area (Å²) in [5.41, 5.74) is 2.52. The smallest absolute Gasteiger partial charge is 0.273 e. The van der Waals surface area contributed by atoms with Gasteiger partial charge < -0.3 is 4.90 Å². The zero-order valence-corrected chi connectivity index (χ0v) is 14.4. The number of aromatic nitrogens is 1. The Morgan fingerprint density at radius 3 is 2.42 bits per heavy atom. The van der Waals surface area contributed by atoms with Gasteiger partial charge >= 0.3 is 0 Å². The fraction of sp³-hybridized carbons (Fsp3) is 0.333. The van der Waals surface area contributed by atoms with Crippen LogP contribution >= 0.6 is 11.3 Å². The Bertz CT molecular complexity index is 799. The van der Waals surface area contributed by atoms with Crippen molar-refractivity contribution in [2.75, 3.05) is 26.2 Å². The molecule has 0 saturated carbocycles. The van der Waals surface area contributed by atoms with Gasteiger partial charge in [0.15, 0.2) is 0 Å². The van der Waals surface area contributed by atoms with Crippen molar-refractivity contribution in [2.24, 2.45) is 0 Å². The molecule has 0 aliphatic carbocycles. The van der Waals surface area contributed by atoms with Crippen LogP contribution in [-0.2, 0) is 15.8 Å². The van der Waals surface area contributed by atoms with Crippen molar-refractivity contribution in [1.29, 1.82) is 0 Å². The lowest BCUT2D eigenvalue weighted by atomic mass is 10.2. The number of amides is 1. The SMILES string of the molecule is O=C(c1cscn1)N1CCN(S(=O)(=O)Cc2ccc(F)cc2)CC1. The van der Waals surface area contributed by atoms with E-state index in [-0.39, 0.29) is 24.7 Å². The number of sulfonamides is 1. The van der Waals surface area contributed by atoms with Crippen molar-refractivity contribution in [2.45, 2.75) is 5.75 Å². The van der Waals surface area contributed by atoms with E-state index in [4.69, 9.17) is 0 Å². The highest BCUT2D eigenvalue weighted by Crippen LogP contribution is 2.15. The van der Waals surface area contributed by atoms with E-state index in [2.05, 4.69) is 4.98 Å². The number of benzene rings is 1. The molecule has 24 heavy (non-hydrogen) atoms. The third-order valence-corrected chi connectivity index (χ3v) is 6.27. The number of nitrogens with zero attached hydrogens (tertiary/aromatic N) is 3. The minimum atomic E-state index is -3.49. The van der Waals surface area contributed by atoms with E-state index < -0.39 is 15.8 Å². The lowest BCUT2D eigenvalue weighted by Crippen LogP contribution is -2.50. The van der Waals surface area contributed by atoms with E-state index in [1.807, 2.05) is 0 Å². The molecule has 2 aromatic rings. The maximum Gasteiger partial charge on any atom is 0.273 e. The van der Waals surface area contributed by atoms with E-state index >= 15 is 0 Å². The van der Waals surface area contributed by atoms with E-state index in [0.717, 1.165) is 0 Å². The van der Waals surface area contributed by atoms with Crippen LogP contribution in [0.4, 0.5) is 4.39 Å². The minimum Gasteiger partial charge on any atom is -0.335 e. The molecule has 3 rings (SSSR count). The second-order valence-corrected chi connectivity index (χ2v) is 8.14. The van der Waals surface area contributed by atoms with Gasteiger partial charge in [0.2, 0.25) is 10.0 Å². The summed E-state index contributed by atoms with van der Waals surface area (Å²) >= 11 is 1.35. The normalized spacial score (nSPS) is 16.3. The number of hydrogen-bond donors (Lipinski definition) is 0. The Morgan fingerprint density at radius 1 is 1.17 bits per heavy atom. The molecule has 0 radical (unpaired) electrons. The largest absolute Gasteiger partial charge is 0.335 e. The Labute approximate surface area is 143 Å². The Balaban J connectivity index is 1.61. The Kier molecular flexibility index (Phi) is 4.93. The highest BCUT2D eigenvalue weighted by molar-refractivity contribution is 7.88. The van der Waals surface area contributed by atoms with Crippen molar-refractivity contribution in [1.82, 2.24) is 14.2 Å². The molecule has 9 heteroatoms. The van der Waals surface area contributed by atoms with Gasteiger partial charge in [-0.3, -0.25) is 4.79 Å². The van der Waals surface area contributed by atoms with Crippen LogP contribution in [0.25, 0.3) is 0 Å². The highest BCUT2D eigenvalue weighted by atomic mass is 32.2. The molecule has 2 heterocycles. The molecule has 1 saturated heterocycles. The van der Waals surface area contributed by atoms with Crippen LogP contribution in [0.5, 0.6) is 0 Å². The van der Waals surface area contributed by atoms with Gasteiger partial charge in [0.05, 0.1) is 11.3 Å². The average molecular weight is 369 g/mol. The lowest BCUT2D eigenvalue weighted by molar-refractivity contribution is 0.0692. The van der Waals surface area contributed by atoms with Gasteiger partial charge in [0.25, 0.3) is 5.91 Å². The molecule has 1 aromatic heterocycles. The third kappa shape index (κ3) is 3.80. The molecule has 1 fully saturated rings. The Hall–Kier alpha value is -1.84. The third-order valence-electron chi connectivity index (χ3n) is 3.83. The second-order valence-electron chi connectivity index (χ2n) is 5.45. The predicted molar refractivity (Wildman–Crippen MR) is 88.6 cm³/mol. The van der Waals surface area contributed by atoms with Gasteiger partial charge in [0, 0.05) is 31.6 Å². The fourth-order valence-electron chi connectivity index (χ4n) is 2.53. The van der Waals surface area contributed by atoms with Gasteiger partial charge in [-0.15, -0.1) is 11.3 Å². The van der Waals surface area contributed by atoms with E-state index in [1.54, 1.807) is 15.8 Å². The first kappa shape index (κ1) is 17.0. The van der Waals surface area contributed by atoms with Crippen LogP contribution in [0.3, 0.4) is 0 Å². The molecule has 0 N–H and O–H groups in total. The summed E-state index contributed by atoms with van der Waals surface area (Å²) in [5.74, 6) is -0.745. The number of thiazole rings is 1. The van der Waals surface area contributed by atoms with Crippen LogP contribution in [-0.4, -0.2) is 54.7 Å². The average Bonchev–Trinajstić information content (AvgIpc) is 3.11. The van der Waals surface area contributed by atoms with Gasteiger partial charge in [-0.1, -0.05) is 12.1 Å². The summed E-state index contributed by atoms with van der Waals surface area (Å²) < 4.78 is 39.2. The molecule has 128 valence electrons. The zero-order chi connectivity index (χ0) is 17.2. The number of piperazine rings is 1. The number of halogens is 1. The number of carbonyl (C=O) groups excluding carboxylic acids is 1. The number of carbonyl (C=O) groups is 1. The minimum absolute atomic E-state index is 0.173. The summed E-state index contributed by atoms with van der Waals surface area (Å²) in [6.45, 7) is 1.16. The van der Waals surface area contributed by atoms with Crippen molar-refractivity contribution < 1.29 is 17.6 Å². The van der Waals surface area contributed by atoms with Crippen molar-refractivity contribution in [3.05, 3.63) is 52.2 Å². The molecule has 1 amide bonds. The molecule has 0 unspecified atom stereocenters. The van der Waals surface area contributed by atoms with Crippen LogP contribution in [0.15, 0.2) is 35.2 Å². The van der Waals surface area contributed by atoms with Gasteiger partial charge in [-0.05, 0) is 17.7 Å². The fourth-order valence-corrected chi connectivity index (χ4v) is 4.57. The molecule has 0 spiro atoms. The van der Waals surface area contributed by atoms with E-state index in [0.29, 0.717) is 24.3 Å². The number of rotatable bonds is 4. The van der Waals surface area contributed by atoms with Gasteiger partial charge in [-0.2, -0.15) is 4.31 Å². The summed E-state index contributed by atoms with van der Waals surface area (Å²) in [5, 5.41) is 1.68. The summed E-state index contributed by atoms with van der Waals surface area (Å²) in [6.07, 6.45) is 0. The topological polar surface area (TPSA) is 70.6 Å². The molecule has 1 aromatic carbocycles. The molecule has 6 nitrogen and oxygen atoms in total. The summed E-state index contributed by atoms with van der Waals surface area (Å²) in [4.78, 5) is 17.8. The molecule has 1 aliphatic heterocycles. The maximum absolute atomic E-state index is 12.9. The second kappa shape index (κ2) is 6.96. The molecule has 0 atom stereocenters. The molecule has 0 bridgehead atoms. The zero-order valence-electron chi connectivity index (χ0n) is 12.8. The first-order chi connectivity index (χ1) is 11.5. The molecular weight excluding hydrogens is 353 g/mol. The quantitative estimate of drug-likeness (QED) is 0.820. The standard InChI is InChI=1S/C15H16FN3O3S2/c16-13-3-1-12(2-4-13)10-24(21,22)19-7-5-18(6-8-19)15(20)14-9-23-11-17-14/h1-4,9,11H,5-8,10H2. The molecule has 1 aliphatic rings. The predicted octanol–water partition coefficient (Wildman–Crippen LogP) is 1.57. The Morgan fingerprint density at radius 2 is 1.83 bits per heavy atom. The van der Waals surface area contributed by atoms with Crippen molar-refractivity contribution >= 4 is 27.3 Å². The van der Waals surface area contributed by atoms with E-state index in [9.17, 15) is 17.6 Å². The van der Waals surface area contributed by atoms with Gasteiger partial charge in [-0.25, -0.2) is 17.8 Å². The van der Waals surface area contributed by atoms with Crippen LogP contribution in [0.1, 0.15) is 16.1 Å². The summed E-state index contributed by atoms with van der Waals surface area (Å²) in [6, 6.07) is 5.43. The highest BCUT2D eigenvalue weighted by Gasteiger charge is 2.29. The van der Waals surface area contributed by atoms with Crippen LogP contribution < -0.4 is 0 Å². The summed E-state index contributed by atoms with van der Waals surface area (Å²) in [7, 11) is -3.49. The number of hydrogen-bond acceptors (Lipinski definition) is 5. The maximum atomic E-state index is 12.9. The lowest BCUT2D eigenvalue weighted by Gasteiger charge is -2.33. The van der Waals surface area contributed by atoms with Crippen molar-refractivity contribution in [3.63, 3.8) is 0 Å². The van der Waals surface area contributed by atoms with E-state index in [1.165, 1.54) is 39.9 Å². The first-order valence-corrected chi connectivity index (χ1v) is 9.90. The van der Waals surface area contributed by atoms with Crippen LogP contribution in [0.2, 0.25) is 0 Å². The van der Waals surface area contributed by atoms with Crippen molar-refractivity contribution in [3.8, 4) is 0 Å². The molecular formula is C15H16FN3O3S2. The van der Waals surface area contributed by atoms with Crippen LogP contribution in [0, 0.1) is 5.82 Å². The first-order valence-electron chi connectivity index (χ1n) is 7.35.